The highest BCUT2D eigenvalue weighted by atomic mass is 16.6. The van der Waals surface area contributed by atoms with Crippen molar-refractivity contribution < 1.29 is 28.6 Å². The van der Waals surface area contributed by atoms with Crippen LogP contribution in [-0.2, 0) is 28.6 Å². The lowest BCUT2D eigenvalue weighted by atomic mass is 10.0. The fourth-order valence-corrected chi connectivity index (χ4v) is 9.15. The molecule has 65 heavy (non-hydrogen) atoms. The van der Waals surface area contributed by atoms with E-state index in [2.05, 4.69) is 20.8 Å². The Bertz CT molecular complexity index is 967. The number of rotatable bonds is 55. The third-order valence-electron chi connectivity index (χ3n) is 13.6. The van der Waals surface area contributed by atoms with Crippen LogP contribution in [0.1, 0.15) is 342 Å². The van der Waals surface area contributed by atoms with E-state index in [0.29, 0.717) is 19.3 Å². The molecule has 0 amide bonds. The summed E-state index contributed by atoms with van der Waals surface area (Å²) in [6.45, 7) is 6.66. The third kappa shape index (κ3) is 53.2. The standard InChI is InChI=1S/C59H114O6/c1-4-7-10-13-16-19-21-23-24-25-26-27-28-29-30-31-32-33-34-35-36-37-39-40-43-46-49-52-58(61)64-55-56(54-63-57(60)51-48-45-42-18-15-12-9-6-3)65-59(62)53-50-47-44-41-38-22-20-17-14-11-8-5-2/h56H,4-55H2,1-3H3. The molecule has 0 spiro atoms. The Balaban J connectivity index is 4.00. The van der Waals surface area contributed by atoms with Gasteiger partial charge >= 0.3 is 17.9 Å². The van der Waals surface area contributed by atoms with Gasteiger partial charge in [-0.3, -0.25) is 14.4 Å². The first-order chi connectivity index (χ1) is 32.0. The second-order valence-electron chi connectivity index (χ2n) is 20.3. The third-order valence-corrected chi connectivity index (χ3v) is 13.6. The first-order valence-electron chi connectivity index (χ1n) is 29.5. The van der Waals surface area contributed by atoms with E-state index in [1.54, 1.807) is 0 Å². The molecule has 0 rings (SSSR count). The van der Waals surface area contributed by atoms with Crippen LogP contribution in [0.3, 0.4) is 0 Å². The van der Waals surface area contributed by atoms with Gasteiger partial charge in [0.2, 0.25) is 0 Å². The van der Waals surface area contributed by atoms with Gasteiger partial charge in [-0.25, -0.2) is 0 Å². The summed E-state index contributed by atoms with van der Waals surface area (Å²) in [5.74, 6) is -0.843. The Morgan fingerprint density at radius 1 is 0.246 bits per heavy atom. The minimum atomic E-state index is -0.759. The summed E-state index contributed by atoms with van der Waals surface area (Å²) in [4.78, 5) is 37.9. The molecular formula is C59H114O6. The number of carbonyl (C=O) groups excluding carboxylic acids is 3. The first kappa shape index (κ1) is 63.4. The molecule has 0 bridgehead atoms. The van der Waals surface area contributed by atoms with Crippen LogP contribution in [0.5, 0.6) is 0 Å². The molecule has 1 unspecified atom stereocenters. The summed E-state index contributed by atoms with van der Waals surface area (Å²) in [6.07, 6.45) is 61.3. The molecule has 0 aliphatic rings. The fourth-order valence-electron chi connectivity index (χ4n) is 9.15. The van der Waals surface area contributed by atoms with Crippen molar-refractivity contribution in [2.75, 3.05) is 13.2 Å². The zero-order valence-electron chi connectivity index (χ0n) is 44.3. The monoisotopic (exact) mass is 919 g/mol. The molecule has 0 aliphatic carbocycles. The Morgan fingerprint density at radius 2 is 0.415 bits per heavy atom. The molecule has 0 fully saturated rings. The molecule has 1 atom stereocenters. The lowest BCUT2D eigenvalue weighted by Gasteiger charge is -2.18. The summed E-state index contributed by atoms with van der Waals surface area (Å²) in [7, 11) is 0. The van der Waals surface area contributed by atoms with E-state index in [9.17, 15) is 14.4 Å². The lowest BCUT2D eigenvalue weighted by Crippen LogP contribution is -2.30. The van der Waals surface area contributed by atoms with Crippen LogP contribution in [0.25, 0.3) is 0 Å². The van der Waals surface area contributed by atoms with Gasteiger partial charge in [-0.15, -0.1) is 0 Å². The maximum absolute atomic E-state index is 12.8. The smallest absolute Gasteiger partial charge is 0.306 e. The molecule has 6 heteroatoms. The van der Waals surface area contributed by atoms with E-state index >= 15 is 0 Å². The molecular weight excluding hydrogens is 805 g/mol. The summed E-state index contributed by atoms with van der Waals surface area (Å²) in [5, 5.41) is 0. The van der Waals surface area contributed by atoms with Crippen LogP contribution < -0.4 is 0 Å². The van der Waals surface area contributed by atoms with E-state index in [0.717, 1.165) is 57.8 Å². The molecule has 0 heterocycles. The summed E-state index contributed by atoms with van der Waals surface area (Å²) < 4.78 is 16.8. The molecule has 0 N–H and O–H groups in total. The number of esters is 3. The topological polar surface area (TPSA) is 78.9 Å². The van der Waals surface area contributed by atoms with Crippen molar-refractivity contribution in [2.24, 2.45) is 0 Å². The first-order valence-corrected chi connectivity index (χ1v) is 29.5. The van der Waals surface area contributed by atoms with E-state index in [4.69, 9.17) is 14.2 Å². The van der Waals surface area contributed by atoms with E-state index in [1.807, 2.05) is 0 Å². The summed E-state index contributed by atoms with van der Waals surface area (Å²) in [5.41, 5.74) is 0. The Morgan fingerprint density at radius 3 is 0.615 bits per heavy atom. The highest BCUT2D eigenvalue weighted by molar-refractivity contribution is 5.71. The van der Waals surface area contributed by atoms with Gasteiger partial charge in [-0.05, 0) is 19.3 Å². The van der Waals surface area contributed by atoms with Gasteiger partial charge in [-0.1, -0.05) is 303 Å². The average molecular weight is 920 g/mol. The largest absolute Gasteiger partial charge is 0.462 e. The number of hydrogen-bond acceptors (Lipinski definition) is 6. The minimum absolute atomic E-state index is 0.0619. The summed E-state index contributed by atoms with van der Waals surface area (Å²) >= 11 is 0. The summed E-state index contributed by atoms with van der Waals surface area (Å²) in [6, 6.07) is 0. The van der Waals surface area contributed by atoms with E-state index < -0.39 is 6.10 Å². The highest BCUT2D eigenvalue weighted by Crippen LogP contribution is 2.18. The van der Waals surface area contributed by atoms with Crippen molar-refractivity contribution >= 4 is 17.9 Å². The van der Waals surface area contributed by atoms with Crippen molar-refractivity contribution in [1.82, 2.24) is 0 Å². The van der Waals surface area contributed by atoms with Crippen LogP contribution in [0.2, 0.25) is 0 Å². The molecule has 6 nitrogen and oxygen atoms in total. The van der Waals surface area contributed by atoms with Crippen LogP contribution in [0, 0.1) is 0 Å². The molecule has 0 aromatic heterocycles. The quantitative estimate of drug-likeness (QED) is 0.0344. The normalized spacial score (nSPS) is 11.9. The number of ether oxygens (including phenoxy) is 3. The van der Waals surface area contributed by atoms with Crippen molar-refractivity contribution in [3.05, 3.63) is 0 Å². The van der Waals surface area contributed by atoms with Crippen LogP contribution >= 0.6 is 0 Å². The SMILES string of the molecule is CCCCCCCCCCCCCCCCCCCCCCCCCCCCCC(=O)OCC(COC(=O)CCCCCCCCCC)OC(=O)CCCCCCCCCCCCCC. The zero-order valence-corrected chi connectivity index (χ0v) is 44.3. The van der Waals surface area contributed by atoms with Crippen LogP contribution in [-0.4, -0.2) is 37.2 Å². The molecule has 0 saturated carbocycles. The van der Waals surface area contributed by atoms with Crippen molar-refractivity contribution in [1.29, 1.82) is 0 Å². The molecule has 0 saturated heterocycles. The minimum Gasteiger partial charge on any atom is -0.462 e. The van der Waals surface area contributed by atoms with Crippen molar-refractivity contribution in [3.8, 4) is 0 Å². The molecule has 386 valence electrons. The molecule has 0 aromatic rings. The van der Waals surface area contributed by atoms with Gasteiger partial charge in [0.15, 0.2) is 6.10 Å². The molecule has 0 aromatic carbocycles. The average Bonchev–Trinajstić information content (AvgIpc) is 3.30. The lowest BCUT2D eigenvalue weighted by molar-refractivity contribution is -0.167. The Kier molecular flexibility index (Phi) is 53.7. The van der Waals surface area contributed by atoms with Gasteiger partial charge in [0.1, 0.15) is 13.2 Å². The second-order valence-corrected chi connectivity index (χ2v) is 20.3. The van der Waals surface area contributed by atoms with Crippen LogP contribution in [0.15, 0.2) is 0 Å². The van der Waals surface area contributed by atoms with Gasteiger partial charge in [0.25, 0.3) is 0 Å². The Labute approximate surface area is 406 Å². The van der Waals surface area contributed by atoms with Gasteiger partial charge in [0, 0.05) is 19.3 Å². The number of carbonyl (C=O) groups is 3. The zero-order chi connectivity index (χ0) is 47.2. The molecule has 0 radical (unpaired) electrons. The predicted molar refractivity (Wildman–Crippen MR) is 280 cm³/mol. The molecule has 0 aliphatic heterocycles. The number of unbranched alkanes of at least 4 members (excludes halogenated alkanes) is 44. The van der Waals surface area contributed by atoms with Gasteiger partial charge in [0.05, 0.1) is 0 Å². The number of hydrogen-bond donors (Lipinski definition) is 0. The fraction of sp³-hybridized carbons (Fsp3) is 0.949. The van der Waals surface area contributed by atoms with E-state index in [-0.39, 0.29) is 31.1 Å². The maximum Gasteiger partial charge on any atom is 0.306 e. The maximum atomic E-state index is 12.8. The van der Waals surface area contributed by atoms with Gasteiger partial charge in [-0.2, -0.15) is 0 Å². The van der Waals surface area contributed by atoms with Crippen LogP contribution in [0.4, 0.5) is 0 Å². The second kappa shape index (κ2) is 55.0. The van der Waals surface area contributed by atoms with E-state index in [1.165, 1.54) is 244 Å². The Hall–Kier alpha value is -1.59. The van der Waals surface area contributed by atoms with Crippen molar-refractivity contribution in [3.63, 3.8) is 0 Å². The highest BCUT2D eigenvalue weighted by Gasteiger charge is 2.19. The van der Waals surface area contributed by atoms with Crippen molar-refractivity contribution in [2.45, 2.75) is 348 Å². The van der Waals surface area contributed by atoms with Gasteiger partial charge < -0.3 is 14.2 Å². The predicted octanol–water partition coefficient (Wildman–Crippen LogP) is 19.5.